The van der Waals surface area contributed by atoms with E-state index in [1.165, 1.54) is 24.3 Å². The first-order chi connectivity index (χ1) is 11.1. The number of H-pyrrole nitrogens is 1. The minimum atomic E-state index is -0.460. The highest BCUT2D eigenvalue weighted by atomic mass is 35.5. The standard InChI is InChI=1S/C15H11ClN4O3/c16-11-3-1-10(2-4-11)15-17-14(18-19-15)9-23-13-7-5-12(6-8-13)20(21)22/h1-8H,9H2,(H,17,18,19). The molecule has 8 heteroatoms. The number of nitro benzene ring substituents is 1. The first kappa shape index (κ1) is 15.0. The zero-order valence-electron chi connectivity index (χ0n) is 11.8. The number of benzene rings is 2. The summed E-state index contributed by atoms with van der Waals surface area (Å²) in [7, 11) is 0. The van der Waals surface area contributed by atoms with E-state index in [1.807, 2.05) is 12.1 Å². The molecule has 7 nitrogen and oxygen atoms in total. The van der Waals surface area contributed by atoms with E-state index in [9.17, 15) is 10.1 Å². The van der Waals surface area contributed by atoms with Crippen molar-refractivity contribution < 1.29 is 9.66 Å². The molecule has 0 spiro atoms. The maximum absolute atomic E-state index is 10.6. The van der Waals surface area contributed by atoms with Crippen LogP contribution in [-0.2, 0) is 6.61 Å². The molecule has 116 valence electrons. The van der Waals surface area contributed by atoms with Crippen LogP contribution in [0.2, 0.25) is 5.02 Å². The normalized spacial score (nSPS) is 10.5. The average Bonchev–Trinajstić information content (AvgIpc) is 3.03. The van der Waals surface area contributed by atoms with Gasteiger partial charge in [0.25, 0.3) is 5.69 Å². The average molecular weight is 331 g/mol. The lowest BCUT2D eigenvalue weighted by Gasteiger charge is -2.02. The molecular formula is C15H11ClN4O3. The van der Waals surface area contributed by atoms with Crippen LogP contribution >= 0.6 is 11.6 Å². The van der Waals surface area contributed by atoms with Crippen LogP contribution < -0.4 is 4.74 Å². The van der Waals surface area contributed by atoms with Crippen LogP contribution in [0, 0.1) is 10.1 Å². The molecule has 0 unspecified atom stereocenters. The molecule has 23 heavy (non-hydrogen) atoms. The number of hydrogen-bond donors (Lipinski definition) is 1. The molecule has 0 aliphatic carbocycles. The van der Waals surface area contributed by atoms with Crippen molar-refractivity contribution in [2.24, 2.45) is 0 Å². The Morgan fingerprint density at radius 2 is 1.83 bits per heavy atom. The summed E-state index contributed by atoms with van der Waals surface area (Å²) in [5, 5.41) is 18.1. The SMILES string of the molecule is O=[N+]([O-])c1ccc(OCc2nc(-c3ccc(Cl)cc3)n[nH]2)cc1. The summed E-state index contributed by atoms with van der Waals surface area (Å²) in [6.45, 7) is 0.179. The second kappa shape index (κ2) is 6.45. The van der Waals surface area contributed by atoms with E-state index in [4.69, 9.17) is 16.3 Å². The molecule has 1 aromatic heterocycles. The van der Waals surface area contributed by atoms with Crippen molar-refractivity contribution in [2.75, 3.05) is 0 Å². The highest BCUT2D eigenvalue weighted by Crippen LogP contribution is 2.20. The molecule has 0 radical (unpaired) electrons. The number of aromatic nitrogens is 3. The Hall–Kier alpha value is -2.93. The van der Waals surface area contributed by atoms with Gasteiger partial charge in [-0.2, -0.15) is 5.10 Å². The quantitative estimate of drug-likeness (QED) is 0.569. The maximum Gasteiger partial charge on any atom is 0.269 e. The van der Waals surface area contributed by atoms with Crippen LogP contribution in [0.25, 0.3) is 11.4 Å². The molecule has 0 fully saturated rings. The predicted molar refractivity (Wildman–Crippen MR) is 84.3 cm³/mol. The van der Waals surface area contributed by atoms with Gasteiger partial charge in [-0.05, 0) is 36.4 Å². The summed E-state index contributed by atoms with van der Waals surface area (Å²) in [6, 6.07) is 13.0. The summed E-state index contributed by atoms with van der Waals surface area (Å²) in [4.78, 5) is 14.5. The second-order valence-corrected chi connectivity index (χ2v) is 5.09. The lowest BCUT2D eigenvalue weighted by Crippen LogP contribution is -1.98. The van der Waals surface area contributed by atoms with Gasteiger partial charge in [-0.25, -0.2) is 4.98 Å². The highest BCUT2D eigenvalue weighted by molar-refractivity contribution is 6.30. The molecule has 0 aliphatic heterocycles. The number of hydrogen-bond acceptors (Lipinski definition) is 5. The van der Waals surface area contributed by atoms with Gasteiger partial charge in [0.05, 0.1) is 4.92 Å². The van der Waals surface area contributed by atoms with E-state index in [0.717, 1.165) is 5.56 Å². The molecule has 0 bridgehead atoms. The van der Waals surface area contributed by atoms with Crippen LogP contribution in [0.1, 0.15) is 5.82 Å². The van der Waals surface area contributed by atoms with Crippen molar-refractivity contribution in [3.05, 3.63) is 69.5 Å². The number of nitro groups is 1. The van der Waals surface area contributed by atoms with Crippen LogP contribution in [0.3, 0.4) is 0 Å². The lowest BCUT2D eigenvalue weighted by atomic mass is 10.2. The minimum Gasteiger partial charge on any atom is -0.486 e. The zero-order valence-corrected chi connectivity index (χ0v) is 12.5. The smallest absolute Gasteiger partial charge is 0.269 e. The number of non-ortho nitro benzene ring substituents is 1. The van der Waals surface area contributed by atoms with E-state index < -0.39 is 4.92 Å². The Kier molecular flexibility index (Phi) is 4.20. The summed E-state index contributed by atoms with van der Waals surface area (Å²) >= 11 is 5.84. The number of rotatable bonds is 5. The van der Waals surface area contributed by atoms with Crippen molar-refractivity contribution in [3.63, 3.8) is 0 Å². The Labute approximate surface area is 136 Å². The number of ether oxygens (including phenoxy) is 1. The molecule has 0 saturated heterocycles. The van der Waals surface area contributed by atoms with Crippen molar-refractivity contribution >= 4 is 17.3 Å². The largest absolute Gasteiger partial charge is 0.486 e. The number of nitrogens with zero attached hydrogens (tertiary/aromatic N) is 3. The van der Waals surface area contributed by atoms with Gasteiger partial charge in [-0.1, -0.05) is 11.6 Å². The van der Waals surface area contributed by atoms with E-state index in [1.54, 1.807) is 12.1 Å². The second-order valence-electron chi connectivity index (χ2n) is 4.65. The van der Waals surface area contributed by atoms with Crippen LogP contribution in [0.15, 0.2) is 48.5 Å². The summed E-state index contributed by atoms with van der Waals surface area (Å²) in [5.41, 5.74) is 0.856. The fourth-order valence-electron chi connectivity index (χ4n) is 1.90. The summed E-state index contributed by atoms with van der Waals surface area (Å²) in [6.07, 6.45) is 0. The van der Waals surface area contributed by atoms with Crippen molar-refractivity contribution in [3.8, 4) is 17.1 Å². The van der Waals surface area contributed by atoms with Crippen molar-refractivity contribution in [2.45, 2.75) is 6.61 Å². The molecule has 0 amide bonds. The third-order valence-electron chi connectivity index (χ3n) is 3.06. The van der Waals surface area contributed by atoms with Gasteiger partial charge in [0, 0.05) is 22.7 Å². The van der Waals surface area contributed by atoms with Gasteiger partial charge in [-0.15, -0.1) is 0 Å². The Bertz CT molecular complexity index is 815. The molecule has 3 aromatic rings. The van der Waals surface area contributed by atoms with E-state index in [2.05, 4.69) is 15.2 Å². The third-order valence-corrected chi connectivity index (χ3v) is 3.31. The number of nitrogens with one attached hydrogen (secondary N) is 1. The number of halogens is 1. The molecule has 3 rings (SSSR count). The van der Waals surface area contributed by atoms with Gasteiger partial charge in [0.2, 0.25) is 0 Å². The van der Waals surface area contributed by atoms with Crippen LogP contribution in [0.5, 0.6) is 5.75 Å². The molecule has 0 aliphatic rings. The molecule has 2 aromatic carbocycles. The van der Waals surface area contributed by atoms with Gasteiger partial charge >= 0.3 is 0 Å². The molecule has 1 heterocycles. The molecule has 0 atom stereocenters. The van der Waals surface area contributed by atoms with Crippen LogP contribution in [-0.4, -0.2) is 20.1 Å². The Morgan fingerprint density at radius 3 is 2.48 bits per heavy atom. The highest BCUT2D eigenvalue weighted by Gasteiger charge is 2.08. The van der Waals surface area contributed by atoms with Gasteiger partial charge < -0.3 is 4.74 Å². The first-order valence-electron chi connectivity index (χ1n) is 6.66. The lowest BCUT2D eigenvalue weighted by molar-refractivity contribution is -0.384. The molecule has 1 N–H and O–H groups in total. The van der Waals surface area contributed by atoms with E-state index in [-0.39, 0.29) is 12.3 Å². The third kappa shape index (κ3) is 3.64. The fourth-order valence-corrected chi connectivity index (χ4v) is 2.03. The summed E-state index contributed by atoms with van der Waals surface area (Å²) in [5.74, 6) is 1.61. The predicted octanol–water partition coefficient (Wildman–Crippen LogP) is 3.61. The fraction of sp³-hybridized carbons (Fsp3) is 0.0667. The molecule has 0 saturated carbocycles. The maximum atomic E-state index is 10.6. The first-order valence-corrected chi connectivity index (χ1v) is 7.04. The van der Waals surface area contributed by atoms with E-state index in [0.29, 0.717) is 22.4 Å². The zero-order chi connectivity index (χ0) is 16.2. The summed E-state index contributed by atoms with van der Waals surface area (Å²) < 4.78 is 5.52. The van der Waals surface area contributed by atoms with E-state index >= 15 is 0 Å². The van der Waals surface area contributed by atoms with Gasteiger partial charge in [-0.3, -0.25) is 15.2 Å². The van der Waals surface area contributed by atoms with Crippen LogP contribution in [0.4, 0.5) is 5.69 Å². The van der Waals surface area contributed by atoms with Crippen molar-refractivity contribution in [1.29, 1.82) is 0 Å². The van der Waals surface area contributed by atoms with Crippen molar-refractivity contribution in [1.82, 2.24) is 15.2 Å². The minimum absolute atomic E-state index is 0.0158. The number of aromatic amines is 1. The van der Waals surface area contributed by atoms with Gasteiger partial charge in [0.15, 0.2) is 11.6 Å². The Morgan fingerprint density at radius 1 is 1.13 bits per heavy atom. The monoisotopic (exact) mass is 330 g/mol. The Balaban J connectivity index is 1.65. The van der Waals surface area contributed by atoms with Gasteiger partial charge in [0.1, 0.15) is 12.4 Å². The topological polar surface area (TPSA) is 93.9 Å². The molecular weight excluding hydrogens is 320 g/mol.